The number of esters is 1. The monoisotopic (exact) mass is 732 g/mol. The Morgan fingerprint density at radius 3 is 2.20 bits per heavy atom. The molecule has 1 aromatic rings. The minimum atomic E-state index is -1.61. The maximum absolute atomic E-state index is 13.5. The normalized spacial score (nSPS) is 38.3. The largest absolute Gasteiger partial charge is 1.00 e. The summed E-state index contributed by atoms with van der Waals surface area (Å²) in [5.74, 6) is -2.29. The molecule has 0 spiro atoms. The van der Waals surface area contributed by atoms with E-state index in [1.807, 2.05) is 6.92 Å². The maximum Gasteiger partial charge on any atom is 1.00 e. The summed E-state index contributed by atoms with van der Waals surface area (Å²) in [6.07, 6.45) is -9.42. The second-order valence-corrected chi connectivity index (χ2v) is 14.2. The predicted molar refractivity (Wildman–Crippen MR) is 172 cm³/mol. The molecular weight excluding hydrogens is 679 g/mol. The number of carbonyl (C=O) groups is 2. The van der Waals surface area contributed by atoms with Crippen LogP contribution in [0.1, 0.15) is 88.4 Å². The first-order chi connectivity index (χ1) is 24.0. The van der Waals surface area contributed by atoms with Crippen LogP contribution < -0.4 is 34.7 Å². The van der Waals surface area contributed by atoms with E-state index in [2.05, 4.69) is 0 Å². The number of ether oxygens (including phenoxy) is 6. The average molecular weight is 733 g/mol. The molecule has 51 heavy (non-hydrogen) atoms. The van der Waals surface area contributed by atoms with Gasteiger partial charge >= 0.3 is 35.5 Å². The summed E-state index contributed by atoms with van der Waals surface area (Å²) in [5.41, 5.74) is 0.186. The van der Waals surface area contributed by atoms with Crippen molar-refractivity contribution in [3.63, 3.8) is 0 Å². The summed E-state index contributed by atoms with van der Waals surface area (Å²) in [6, 6.07) is 8.10. The number of benzene rings is 1. The Morgan fingerprint density at radius 2 is 1.55 bits per heavy atom. The maximum atomic E-state index is 13.5. The van der Waals surface area contributed by atoms with Gasteiger partial charge in [0.05, 0.1) is 42.6 Å². The zero-order valence-electron chi connectivity index (χ0n) is 29.7. The van der Waals surface area contributed by atoms with E-state index in [4.69, 9.17) is 28.4 Å². The third-order valence-electron chi connectivity index (χ3n) is 10.7. The topological polar surface area (TPSA) is 214 Å². The summed E-state index contributed by atoms with van der Waals surface area (Å²) in [5, 5.41) is 65.5. The molecule has 1 aromatic carbocycles. The van der Waals surface area contributed by atoms with Crippen molar-refractivity contribution in [1.29, 1.82) is 0 Å². The first-order valence-corrected chi connectivity index (χ1v) is 18.1. The smallest absolute Gasteiger partial charge is 0.547 e. The number of carboxylic acids is 1. The van der Waals surface area contributed by atoms with Gasteiger partial charge in [-0.2, -0.15) is 0 Å². The van der Waals surface area contributed by atoms with Crippen LogP contribution >= 0.6 is 0 Å². The molecule has 0 radical (unpaired) electrons. The van der Waals surface area contributed by atoms with E-state index >= 15 is 0 Å². The van der Waals surface area contributed by atoms with Crippen LogP contribution in [0.25, 0.3) is 0 Å². The second-order valence-electron chi connectivity index (χ2n) is 14.2. The SMILES string of the molecule is CC[C@H]1CCC[C@@H](O[C@@H]2O[C@H](CO)[C@H](O)[C@H](O[C@@H](CC3CCCCC3)C(=O)[O-])[C@H]2OC(=O)c2ccccc2)[C@@H]1O[C@@H]1O[C@@H](C)[C@@H](O)[C@@H](O)[C@@H]1O.[Na+]. The predicted octanol–water partition coefficient (Wildman–Crippen LogP) is -2.42. The summed E-state index contributed by atoms with van der Waals surface area (Å²) < 4.78 is 36.7. The third kappa shape index (κ3) is 10.5. The summed E-state index contributed by atoms with van der Waals surface area (Å²) in [4.78, 5) is 25.9. The van der Waals surface area contributed by atoms with Crippen molar-refractivity contribution in [3.8, 4) is 0 Å². The van der Waals surface area contributed by atoms with E-state index in [0.29, 0.717) is 12.8 Å². The fourth-order valence-electron chi connectivity index (χ4n) is 7.77. The fourth-order valence-corrected chi connectivity index (χ4v) is 7.77. The molecule has 0 bridgehead atoms. The number of hydrogen-bond acceptors (Lipinski definition) is 14. The van der Waals surface area contributed by atoms with E-state index in [0.717, 1.165) is 44.9 Å². The van der Waals surface area contributed by atoms with Gasteiger partial charge < -0.3 is 63.9 Å². The molecular formula is C36H53NaO14. The Labute approximate surface area is 321 Å². The van der Waals surface area contributed by atoms with E-state index in [9.17, 15) is 40.2 Å². The van der Waals surface area contributed by atoms with E-state index in [1.54, 1.807) is 25.1 Å². The second kappa shape index (κ2) is 19.9. The molecule has 0 amide bonds. The van der Waals surface area contributed by atoms with Crippen molar-refractivity contribution >= 4 is 11.9 Å². The van der Waals surface area contributed by atoms with E-state index < -0.39 is 98.3 Å². The Bertz CT molecular complexity index is 1220. The molecule has 0 aromatic heterocycles. The van der Waals surface area contributed by atoms with Gasteiger partial charge in [0.1, 0.15) is 36.6 Å². The summed E-state index contributed by atoms with van der Waals surface area (Å²) in [6.45, 7) is 2.85. The molecule has 14 atom stereocenters. The van der Waals surface area contributed by atoms with Gasteiger partial charge in [-0.3, -0.25) is 0 Å². The molecule has 282 valence electrons. The van der Waals surface area contributed by atoms with Gasteiger partial charge in [0.2, 0.25) is 0 Å². The molecule has 5 N–H and O–H groups in total. The average Bonchev–Trinajstić information content (AvgIpc) is 3.12. The number of carboxylic acid groups (broad SMARTS) is 1. The number of carbonyl (C=O) groups excluding carboxylic acids is 2. The van der Waals surface area contributed by atoms with Gasteiger partial charge in [-0.1, -0.05) is 70.1 Å². The van der Waals surface area contributed by atoms with Gasteiger partial charge in [0.25, 0.3) is 0 Å². The summed E-state index contributed by atoms with van der Waals surface area (Å²) >= 11 is 0. The quantitative estimate of drug-likeness (QED) is 0.106. The van der Waals surface area contributed by atoms with Crippen molar-refractivity contribution in [2.45, 2.75) is 158 Å². The number of aliphatic carboxylic acids is 1. The van der Waals surface area contributed by atoms with Crippen molar-refractivity contribution in [3.05, 3.63) is 35.9 Å². The van der Waals surface area contributed by atoms with Crippen LogP contribution in [0.5, 0.6) is 0 Å². The number of rotatable bonds is 13. The first-order valence-electron chi connectivity index (χ1n) is 18.1. The van der Waals surface area contributed by atoms with Gasteiger partial charge in [-0.15, -0.1) is 0 Å². The standard InChI is InChI=1S/C36H54O14.Na/c1-3-21-15-10-16-23(30(21)50-35-29(41)28(40)26(38)19(2)45-35)47-36-32(49-34(44)22-13-8-5-9-14-22)31(27(39)25(18-37)48-36)46-24(33(42)43)17-20-11-6-4-7-12-20;/h5,8-9,13-14,19-21,23-32,35-41H,3-4,6-7,10-12,15-18H2,1-2H3,(H,42,43);/q;+1/p-1/t19-,21-,23+,24-,25+,26+,27-,28+,29-,30+,31-,32+,35-,36+;/m0./s1. The van der Waals surface area contributed by atoms with Crippen LogP contribution in [0.2, 0.25) is 0 Å². The molecule has 4 fully saturated rings. The van der Waals surface area contributed by atoms with Gasteiger partial charge in [-0.25, -0.2) is 4.79 Å². The minimum absolute atomic E-state index is 0. The number of hydrogen-bond donors (Lipinski definition) is 5. The van der Waals surface area contributed by atoms with E-state index in [1.165, 1.54) is 12.1 Å². The van der Waals surface area contributed by atoms with Crippen molar-refractivity contribution in [2.24, 2.45) is 11.8 Å². The Hall–Kier alpha value is -1.24. The minimum Gasteiger partial charge on any atom is -0.547 e. The molecule has 0 unspecified atom stereocenters. The van der Waals surface area contributed by atoms with Gasteiger partial charge in [0, 0.05) is 0 Å². The fraction of sp³-hybridized carbons (Fsp3) is 0.778. The zero-order valence-corrected chi connectivity index (χ0v) is 31.7. The Balaban J connectivity index is 0.00000583. The first kappa shape index (κ1) is 42.5. The van der Waals surface area contributed by atoms with Crippen LogP contribution in [0.3, 0.4) is 0 Å². The zero-order chi connectivity index (χ0) is 35.9. The van der Waals surface area contributed by atoms with Crippen LogP contribution in [-0.2, 0) is 33.2 Å². The molecule has 5 rings (SSSR count). The van der Waals surface area contributed by atoms with E-state index in [-0.39, 0.29) is 53.4 Å². The molecule has 4 aliphatic rings. The number of aliphatic hydroxyl groups is 5. The number of aliphatic hydroxyl groups excluding tert-OH is 5. The van der Waals surface area contributed by atoms with Crippen LogP contribution in [-0.4, -0.2) is 124 Å². The summed E-state index contributed by atoms with van der Waals surface area (Å²) in [7, 11) is 0. The molecule has 2 heterocycles. The molecule has 15 heteroatoms. The molecule has 2 aliphatic carbocycles. The Kier molecular flexibility index (Phi) is 16.6. The molecule has 2 saturated heterocycles. The third-order valence-corrected chi connectivity index (χ3v) is 10.7. The van der Waals surface area contributed by atoms with Crippen molar-refractivity contribution < 1.29 is 98.2 Å². The van der Waals surface area contributed by atoms with Gasteiger partial charge in [0.15, 0.2) is 18.7 Å². The Morgan fingerprint density at radius 1 is 0.843 bits per heavy atom. The van der Waals surface area contributed by atoms with Crippen LogP contribution in [0.15, 0.2) is 30.3 Å². The van der Waals surface area contributed by atoms with Gasteiger partial charge in [-0.05, 0) is 50.2 Å². The molecule has 2 aliphatic heterocycles. The van der Waals surface area contributed by atoms with Crippen molar-refractivity contribution in [2.75, 3.05) is 6.61 Å². The van der Waals surface area contributed by atoms with Crippen LogP contribution in [0.4, 0.5) is 0 Å². The van der Waals surface area contributed by atoms with Crippen molar-refractivity contribution in [1.82, 2.24) is 0 Å². The molecule has 2 saturated carbocycles. The van der Waals surface area contributed by atoms with Crippen LogP contribution in [0, 0.1) is 11.8 Å². The molecule has 14 nitrogen and oxygen atoms in total.